The number of alkyl halides is 3. The summed E-state index contributed by atoms with van der Waals surface area (Å²) >= 11 is 0. The van der Waals surface area contributed by atoms with E-state index in [2.05, 4.69) is 9.71 Å². The van der Waals surface area contributed by atoms with Gasteiger partial charge in [0.2, 0.25) is 15.9 Å². The number of rotatable bonds is 4. The number of halogens is 3. The Balaban J connectivity index is 1.90. The Morgan fingerprint density at radius 2 is 2.00 bits per heavy atom. The van der Waals surface area contributed by atoms with Crippen LogP contribution in [-0.4, -0.2) is 42.8 Å². The van der Waals surface area contributed by atoms with E-state index in [1.807, 2.05) is 13.8 Å². The van der Waals surface area contributed by atoms with Crippen LogP contribution in [0.4, 0.5) is 13.2 Å². The van der Waals surface area contributed by atoms with Crippen molar-refractivity contribution in [2.75, 3.05) is 6.54 Å². The molecule has 1 fully saturated rings. The van der Waals surface area contributed by atoms with Crippen LogP contribution >= 0.6 is 0 Å². The number of hydrogen-bond acceptors (Lipinski definition) is 3. The molecule has 1 aromatic carbocycles. The van der Waals surface area contributed by atoms with Gasteiger partial charge < -0.3 is 9.88 Å². The fourth-order valence-electron chi connectivity index (χ4n) is 3.07. The molecule has 0 radical (unpaired) electrons. The average molecular weight is 389 g/mol. The van der Waals surface area contributed by atoms with Crippen molar-refractivity contribution >= 4 is 26.8 Å². The summed E-state index contributed by atoms with van der Waals surface area (Å²) in [6, 6.07) is 1.89. The number of sulfonamides is 1. The first-order chi connectivity index (χ1) is 12.0. The molecule has 3 rings (SSSR count). The van der Waals surface area contributed by atoms with Gasteiger partial charge in [-0.25, -0.2) is 8.42 Å². The number of aromatic nitrogens is 1. The number of nitrogens with one attached hydrogen (secondary N) is 2. The molecule has 2 N–H and O–H groups in total. The Labute approximate surface area is 148 Å². The molecular formula is C16H18F3N3O3S. The second-order valence-corrected chi connectivity index (χ2v) is 8.18. The lowest BCUT2D eigenvalue weighted by atomic mass is 10.1. The number of likely N-dealkylation sites (tertiary alicyclic amines) is 1. The van der Waals surface area contributed by atoms with Crippen LogP contribution < -0.4 is 4.72 Å². The van der Waals surface area contributed by atoms with Crippen molar-refractivity contribution in [3.8, 4) is 0 Å². The van der Waals surface area contributed by atoms with E-state index >= 15 is 0 Å². The standard InChI is InChI=1S/C16H18F3N3O3S/c1-9(2)22-6-5-12(15(22)23)21-26(24,25)14-8-20-13-7-10(16(17,18)19)3-4-11(13)14/h3-4,7-9,12,20-21H,5-6H2,1-2H3. The van der Waals surface area contributed by atoms with Crippen LogP contribution in [0.3, 0.4) is 0 Å². The normalized spacial score (nSPS) is 19.1. The van der Waals surface area contributed by atoms with Gasteiger partial charge in [-0.1, -0.05) is 6.07 Å². The number of H-pyrrole nitrogens is 1. The summed E-state index contributed by atoms with van der Waals surface area (Å²) in [4.78, 5) is 16.2. The highest BCUT2D eigenvalue weighted by Gasteiger charge is 2.37. The molecule has 1 atom stereocenters. The van der Waals surface area contributed by atoms with Gasteiger partial charge in [0.15, 0.2) is 0 Å². The van der Waals surface area contributed by atoms with Gasteiger partial charge in [-0.3, -0.25) is 4.79 Å². The fourth-order valence-corrected chi connectivity index (χ4v) is 4.47. The molecule has 142 valence electrons. The molecule has 0 aliphatic carbocycles. The summed E-state index contributed by atoms with van der Waals surface area (Å²) in [7, 11) is -4.07. The Morgan fingerprint density at radius 1 is 1.31 bits per heavy atom. The summed E-state index contributed by atoms with van der Waals surface area (Å²) < 4.78 is 66.0. The van der Waals surface area contributed by atoms with Crippen molar-refractivity contribution in [3.05, 3.63) is 30.0 Å². The number of benzene rings is 1. The van der Waals surface area contributed by atoms with E-state index in [1.165, 1.54) is 0 Å². The summed E-state index contributed by atoms with van der Waals surface area (Å²) in [5.74, 6) is -0.303. The van der Waals surface area contributed by atoms with Crippen molar-refractivity contribution in [3.63, 3.8) is 0 Å². The largest absolute Gasteiger partial charge is 0.416 e. The highest BCUT2D eigenvalue weighted by atomic mass is 32.2. The van der Waals surface area contributed by atoms with E-state index < -0.39 is 27.8 Å². The second-order valence-electron chi connectivity index (χ2n) is 6.50. The smallest absolute Gasteiger partial charge is 0.360 e. The van der Waals surface area contributed by atoms with Gasteiger partial charge in [0.25, 0.3) is 0 Å². The molecule has 10 heteroatoms. The monoisotopic (exact) mass is 389 g/mol. The predicted octanol–water partition coefficient (Wildman–Crippen LogP) is 2.47. The minimum Gasteiger partial charge on any atom is -0.360 e. The third kappa shape index (κ3) is 3.30. The predicted molar refractivity (Wildman–Crippen MR) is 88.9 cm³/mol. The molecule has 1 amide bonds. The van der Waals surface area contributed by atoms with E-state index in [-0.39, 0.29) is 27.7 Å². The third-order valence-electron chi connectivity index (χ3n) is 4.42. The molecule has 1 aliphatic rings. The molecule has 1 aliphatic heterocycles. The Kier molecular flexibility index (Phi) is 4.51. The minimum absolute atomic E-state index is 0.0362. The van der Waals surface area contributed by atoms with E-state index in [1.54, 1.807) is 4.90 Å². The van der Waals surface area contributed by atoms with Crippen molar-refractivity contribution in [2.45, 2.75) is 43.4 Å². The fraction of sp³-hybridized carbons (Fsp3) is 0.438. The number of aromatic amines is 1. The zero-order valence-corrected chi connectivity index (χ0v) is 14.9. The molecule has 2 heterocycles. The lowest BCUT2D eigenvalue weighted by molar-refractivity contribution is -0.137. The van der Waals surface area contributed by atoms with Crippen LogP contribution in [0.15, 0.2) is 29.3 Å². The van der Waals surface area contributed by atoms with Crippen molar-refractivity contribution < 1.29 is 26.4 Å². The van der Waals surface area contributed by atoms with Gasteiger partial charge >= 0.3 is 6.18 Å². The van der Waals surface area contributed by atoms with Gasteiger partial charge in [0, 0.05) is 29.7 Å². The van der Waals surface area contributed by atoms with Gasteiger partial charge in [-0.05, 0) is 32.4 Å². The molecule has 2 aromatic rings. The molecule has 6 nitrogen and oxygen atoms in total. The maximum atomic E-state index is 12.8. The zero-order chi connectivity index (χ0) is 19.3. The Bertz CT molecular complexity index is 951. The van der Waals surface area contributed by atoms with Gasteiger partial charge in [-0.2, -0.15) is 17.9 Å². The number of amides is 1. The van der Waals surface area contributed by atoms with Crippen LogP contribution in [0, 0.1) is 0 Å². The molecule has 0 bridgehead atoms. The van der Waals surface area contributed by atoms with E-state index in [0.717, 1.165) is 24.4 Å². The van der Waals surface area contributed by atoms with Crippen LogP contribution in [0.5, 0.6) is 0 Å². The lowest BCUT2D eigenvalue weighted by Gasteiger charge is -2.21. The topological polar surface area (TPSA) is 82.3 Å². The van der Waals surface area contributed by atoms with Gasteiger partial charge in [-0.15, -0.1) is 0 Å². The van der Waals surface area contributed by atoms with E-state index in [0.29, 0.717) is 13.0 Å². The maximum absolute atomic E-state index is 12.8. The first-order valence-electron chi connectivity index (χ1n) is 8.02. The van der Waals surface area contributed by atoms with Crippen LogP contribution in [0.1, 0.15) is 25.8 Å². The van der Waals surface area contributed by atoms with Crippen LogP contribution in [0.2, 0.25) is 0 Å². The third-order valence-corrected chi connectivity index (χ3v) is 5.93. The molecule has 0 spiro atoms. The summed E-state index contributed by atoms with van der Waals surface area (Å²) in [5.41, 5.74) is -0.816. The molecule has 1 saturated heterocycles. The first kappa shape index (κ1) is 18.7. The SMILES string of the molecule is CC(C)N1CCC(NS(=O)(=O)c2c[nH]c3cc(C(F)(F)F)ccc23)C1=O. The minimum atomic E-state index is -4.52. The summed E-state index contributed by atoms with van der Waals surface area (Å²) in [6.45, 7) is 4.13. The van der Waals surface area contributed by atoms with Crippen molar-refractivity contribution in [2.24, 2.45) is 0 Å². The highest BCUT2D eigenvalue weighted by Crippen LogP contribution is 2.33. The zero-order valence-electron chi connectivity index (χ0n) is 14.1. The number of fused-ring (bicyclic) bond motifs is 1. The van der Waals surface area contributed by atoms with E-state index in [9.17, 15) is 26.4 Å². The number of carbonyl (C=O) groups is 1. The number of hydrogen-bond donors (Lipinski definition) is 2. The van der Waals surface area contributed by atoms with Gasteiger partial charge in [0.1, 0.15) is 10.9 Å². The average Bonchev–Trinajstić information content (AvgIpc) is 3.10. The Morgan fingerprint density at radius 3 is 2.58 bits per heavy atom. The van der Waals surface area contributed by atoms with E-state index in [4.69, 9.17) is 0 Å². The highest BCUT2D eigenvalue weighted by molar-refractivity contribution is 7.89. The second kappa shape index (κ2) is 6.27. The molecule has 0 saturated carbocycles. The quantitative estimate of drug-likeness (QED) is 0.843. The molecular weight excluding hydrogens is 371 g/mol. The van der Waals surface area contributed by atoms with Crippen molar-refractivity contribution in [1.82, 2.24) is 14.6 Å². The number of carbonyl (C=O) groups excluding carboxylic acids is 1. The maximum Gasteiger partial charge on any atom is 0.416 e. The first-order valence-corrected chi connectivity index (χ1v) is 9.50. The van der Waals surface area contributed by atoms with Crippen LogP contribution in [-0.2, 0) is 21.0 Å². The summed E-state index contributed by atoms with van der Waals surface area (Å²) in [6.07, 6.45) is -3.04. The van der Waals surface area contributed by atoms with Crippen molar-refractivity contribution in [1.29, 1.82) is 0 Å². The lowest BCUT2D eigenvalue weighted by Crippen LogP contribution is -2.43. The van der Waals surface area contributed by atoms with Gasteiger partial charge in [0.05, 0.1) is 5.56 Å². The molecule has 26 heavy (non-hydrogen) atoms. The summed E-state index contributed by atoms with van der Waals surface area (Å²) in [5, 5.41) is 0.136. The molecule has 1 aromatic heterocycles. The molecule has 1 unspecified atom stereocenters. The number of nitrogens with zero attached hydrogens (tertiary/aromatic N) is 1. The van der Waals surface area contributed by atoms with Crippen LogP contribution in [0.25, 0.3) is 10.9 Å². The Hall–Kier alpha value is -2.07.